The summed E-state index contributed by atoms with van der Waals surface area (Å²) in [6.45, 7) is 3.87. The summed E-state index contributed by atoms with van der Waals surface area (Å²) >= 11 is 0. The Morgan fingerprint density at radius 2 is 1.78 bits per heavy atom. The van der Waals surface area contributed by atoms with E-state index in [4.69, 9.17) is 4.74 Å². The SMILES string of the molecule is CCOc1ccc(CN(C)C(=O)c2ccc(N3CCCCC3=O)cc2)cc1. The molecule has 0 saturated carbocycles. The summed E-state index contributed by atoms with van der Waals surface area (Å²) in [5.74, 6) is 0.950. The zero-order chi connectivity index (χ0) is 19.2. The van der Waals surface area contributed by atoms with Crippen LogP contribution in [0.25, 0.3) is 0 Å². The van der Waals surface area contributed by atoms with E-state index in [2.05, 4.69) is 0 Å². The number of nitrogens with zero attached hydrogens (tertiary/aromatic N) is 2. The van der Waals surface area contributed by atoms with Gasteiger partial charge in [-0.25, -0.2) is 0 Å². The van der Waals surface area contributed by atoms with E-state index < -0.39 is 0 Å². The van der Waals surface area contributed by atoms with Gasteiger partial charge in [-0.2, -0.15) is 0 Å². The largest absolute Gasteiger partial charge is 0.494 e. The highest BCUT2D eigenvalue weighted by molar-refractivity contribution is 5.96. The van der Waals surface area contributed by atoms with Crippen LogP contribution in [0.1, 0.15) is 42.1 Å². The standard InChI is InChI=1S/C22H26N2O3/c1-3-27-20-13-7-17(8-14-20)16-23(2)22(26)18-9-11-19(12-10-18)24-15-5-4-6-21(24)25/h7-14H,3-6,15-16H2,1-2H3. The molecule has 0 N–H and O–H groups in total. The molecule has 142 valence electrons. The minimum Gasteiger partial charge on any atom is -0.494 e. The van der Waals surface area contributed by atoms with Crippen LogP contribution in [0.4, 0.5) is 5.69 Å². The fourth-order valence-electron chi connectivity index (χ4n) is 3.29. The first kappa shape index (κ1) is 19.0. The summed E-state index contributed by atoms with van der Waals surface area (Å²) in [4.78, 5) is 28.2. The fourth-order valence-corrected chi connectivity index (χ4v) is 3.29. The Kier molecular flexibility index (Phi) is 6.12. The highest BCUT2D eigenvalue weighted by atomic mass is 16.5. The van der Waals surface area contributed by atoms with Crippen LogP contribution in [0.3, 0.4) is 0 Å². The average Bonchev–Trinajstić information content (AvgIpc) is 2.70. The number of ether oxygens (including phenoxy) is 1. The molecule has 0 aromatic heterocycles. The summed E-state index contributed by atoms with van der Waals surface area (Å²) in [5, 5.41) is 0. The molecule has 0 atom stereocenters. The first-order valence-electron chi connectivity index (χ1n) is 9.46. The molecule has 0 unspecified atom stereocenters. The van der Waals surface area contributed by atoms with Crippen molar-refractivity contribution in [2.24, 2.45) is 0 Å². The maximum atomic E-state index is 12.7. The molecule has 5 heteroatoms. The average molecular weight is 366 g/mol. The molecule has 2 aromatic carbocycles. The highest BCUT2D eigenvalue weighted by Crippen LogP contribution is 2.22. The van der Waals surface area contributed by atoms with Gasteiger partial charge >= 0.3 is 0 Å². The van der Waals surface area contributed by atoms with Crippen molar-refractivity contribution in [1.82, 2.24) is 4.90 Å². The monoisotopic (exact) mass is 366 g/mol. The van der Waals surface area contributed by atoms with E-state index >= 15 is 0 Å². The summed E-state index contributed by atoms with van der Waals surface area (Å²) < 4.78 is 5.44. The maximum Gasteiger partial charge on any atom is 0.253 e. The molecule has 2 amide bonds. The second-order valence-corrected chi connectivity index (χ2v) is 6.79. The minimum atomic E-state index is -0.0413. The second-order valence-electron chi connectivity index (χ2n) is 6.79. The van der Waals surface area contributed by atoms with Crippen molar-refractivity contribution < 1.29 is 14.3 Å². The lowest BCUT2D eigenvalue weighted by Gasteiger charge is -2.27. The van der Waals surface area contributed by atoms with E-state index in [-0.39, 0.29) is 11.8 Å². The Bertz CT molecular complexity index is 784. The highest BCUT2D eigenvalue weighted by Gasteiger charge is 2.20. The Morgan fingerprint density at radius 3 is 2.41 bits per heavy atom. The molecule has 27 heavy (non-hydrogen) atoms. The summed E-state index contributed by atoms with van der Waals surface area (Å²) in [6.07, 6.45) is 2.59. The predicted octanol–water partition coefficient (Wildman–Crippen LogP) is 3.87. The second kappa shape index (κ2) is 8.71. The topological polar surface area (TPSA) is 49.9 Å². The van der Waals surface area contributed by atoms with Crippen LogP contribution in [0.15, 0.2) is 48.5 Å². The van der Waals surface area contributed by atoms with Crippen molar-refractivity contribution in [3.05, 3.63) is 59.7 Å². The Hall–Kier alpha value is -2.82. The van der Waals surface area contributed by atoms with E-state index in [0.717, 1.165) is 36.4 Å². The third-order valence-electron chi connectivity index (χ3n) is 4.75. The molecular weight excluding hydrogens is 340 g/mol. The number of anilines is 1. The number of piperidine rings is 1. The van der Waals surface area contributed by atoms with E-state index in [1.807, 2.05) is 43.3 Å². The van der Waals surface area contributed by atoms with Gasteiger partial charge in [-0.15, -0.1) is 0 Å². The number of carbonyl (C=O) groups excluding carboxylic acids is 2. The van der Waals surface area contributed by atoms with Gasteiger partial charge in [-0.3, -0.25) is 9.59 Å². The van der Waals surface area contributed by atoms with Gasteiger partial charge in [0.1, 0.15) is 5.75 Å². The minimum absolute atomic E-state index is 0.0413. The van der Waals surface area contributed by atoms with Gasteiger partial charge in [0, 0.05) is 37.8 Å². The summed E-state index contributed by atoms with van der Waals surface area (Å²) in [6, 6.07) is 15.1. The summed E-state index contributed by atoms with van der Waals surface area (Å²) in [7, 11) is 1.79. The van der Waals surface area contributed by atoms with E-state index in [1.54, 1.807) is 29.0 Å². The normalized spacial score (nSPS) is 14.1. The first-order chi connectivity index (χ1) is 13.1. The maximum absolute atomic E-state index is 12.7. The number of rotatable bonds is 6. The van der Waals surface area contributed by atoms with Gasteiger partial charge in [0.15, 0.2) is 0 Å². The molecule has 1 aliphatic heterocycles. The lowest BCUT2D eigenvalue weighted by molar-refractivity contribution is -0.119. The van der Waals surface area contributed by atoms with Crippen LogP contribution in [0, 0.1) is 0 Å². The van der Waals surface area contributed by atoms with E-state index in [9.17, 15) is 9.59 Å². The van der Waals surface area contributed by atoms with Gasteiger partial charge in [-0.05, 0) is 61.7 Å². The van der Waals surface area contributed by atoms with Crippen molar-refractivity contribution in [2.45, 2.75) is 32.7 Å². The fraction of sp³-hybridized carbons (Fsp3) is 0.364. The van der Waals surface area contributed by atoms with Gasteiger partial charge in [0.05, 0.1) is 6.61 Å². The molecule has 0 spiro atoms. The van der Waals surface area contributed by atoms with Crippen LogP contribution in [0.2, 0.25) is 0 Å². The van der Waals surface area contributed by atoms with Gasteiger partial charge in [0.2, 0.25) is 5.91 Å². The molecule has 5 nitrogen and oxygen atoms in total. The number of hydrogen-bond acceptors (Lipinski definition) is 3. The van der Waals surface area contributed by atoms with Crippen molar-refractivity contribution >= 4 is 17.5 Å². The molecule has 2 aromatic rings. The molecular formula is C22H26N2O3. The van der Waals surface area contributed by atoms with E-state index in [0.29, 0.717) is 25.1 Å². The Labute approximate surface area is 160 Å². The van der Waals surface area contributed by atoms with Gasteiger partial charge < -0.3 is 14.5 Å². The van der Waals surface area contributed by atoms with Crippen molar-refractivity contribution in [3.8, 4) is 5.75 Å². The molecule has 3 rings (SSSR count). The summed E-state index contributed by atoms with van der Waals surface area (Å²) in [5.41, 5.74) is 2.53. The van der Waals surface area contributed by atoms with Crippen LogP contribution in [-0.4, -0.2) is 36.9 Å². The van der Waals surface area contributed by atoms with E-state index in [1.165, 1.54) is 0 Å². The Morgan fingerprint density at radius 1 is 1.07 bits per heavy atom. The van der Waals surface area contributed by atoms with Gasteiger partial charge in [0.25, 0.3) is 5.91 Å². The van der Waals surface area contributed by atoms with Crippen molar-refractivity contribution in [1.29, 1.82) is 0 Å². The van der Waals surface area contributed by atoms with Crippen LogP contribution in [-0.2, 0) is 11.3 Å². The zero-order valence-electron chi connectivity index (χ0n) is 16.0. The third kappa shape index (κ3) is 4.67. The molecule has 0 aliphatic carbocycles. The molecule has 1 heterocycles. The zero-order valence-corrected chi connectivity index (χ0v) is 16.0. The number of benzene rings is 2. The lowest BCUT2D eigenvalue weighted by atomic mass is 10.1. The first-order valence-corrected chi connectivity index (χ1v) is 9.46. The number of hydrogen-bond donors (Lipinski definition) is 0. The quantitative estimate of drug-likeness (QED) is 0.780. The van der Waals surface area contributed by atoms with Crippen molar-refractivity contribution in [2.75, 3.05) is 25.1 Å². The molecule has 0 radical (unpaired) electrons. The third-order valence-corrected chi connectivity index (χ3v) is 4.75. The Balaban J connectivity index is 1.63. The number of amides is 2. The predicted molar refractivity (Wildman–Crippen MR) is 106 cm³/mol. The smallest absolute Gasteiger partial charge is 0.253 e. The molecule has 1 saturated heterocycles. The molecule has 0 bridgehead atoms. The van der Waals surface area contributed by atoms with Crippen molar-refractivity contribution in [3.63, 3.8) is 0 Å². The van der Waals surface area contributed by atoms with Crippen LogP contribution in [0.5, 0.6) is 5.75 Å². The van der Waals surface area contributed by atoms with Crippen LogP contribution >= 0.6 is 0 Å². The molecule has 1 aliphatic rings. The lowest BCUT2D eigenvalue weighted by Crippen LogP contribution is -2.35. The number of carbonyl (C=O) groups is 2. The van der Waals surface area contributed by atoms with Crippen LogP contribution < -0.4 is 9.64 Å². The van der Waals surface area contributed by atoms with Gasteiger partial charge in [-0.1, -0.05) is 12.1 Å². The molecule has 1 fully saturated rings.